The number of fused-ring (bicyclic) bond motifs is 1. The van der Waals surface area contributed by atoms with Gasteiger partial charge < -0.3 is 9.88 Å². The fraction of sp³-hybridized carbons (Fsp3) is 0.421. The summed E-state index contributed by atoms with van der Waals surface area (Å²) in [4.78, 5) is 22.3. The molecule has 25 heavy (non-hydrogen) atoms. The van der Waals surface area contributed by atoms with Gasteiger partial charge in [-0.3, -0.25) is 9.89 Å². The minimum Gasteiger partial charge on any atom is -0.361 e. The van der Waals surface area contributed by atoms with Gasteiger partial charge in [0.1, 0.15) is 5.82 Å². The van der Waals surface area contributed by atoms with Gasteiger partial charge in [-0.2, -0.15) is 5.10 Å². The Bertz CT molecular complexity index is 873. The summed E-state index contributed by atoms with van der Waals surface area (Å²) in [7, 11) is 0. The van der Waals surface area contributed by atoms with Crippen molar-refractivity contribution in [2.45, 2.75) is 38.5 Å². The smallest absolute Gasteiger partial charge is 0.222 e. The fourth-order valence-corrected chi connectivity index (χ4v) is 3.67. The van der Waals surface area contributed by atoms with Crippen LogP contribution in [0.15, 0.2) is 30.5 Å². The highest BCUT2D eigenvalue weighted by atomic mass is 16.2. The molecule has 6 nitrogen and oxygen atoms in total. The number of aryl methyl sites for hydroxylation is 2. The molecular weight excluding hydrogens is 314 g/mol. The van der Waals surface area contributed by atoms with Crippen LogP contribution in [0.5, 0.6) is 0 Å². The summed E-state index contributed by atoms with van der Waals surface area (Å²) >= 11 is 0. The van der Waals surface area contributed by atoms with Gasteiger partial charge >= 0.3 is 0 Å². The summed E-state index contributed by atoms with van der Waals surface area (Å²) in [6.45, 7) is 3.51. The zero-order valence-corrected chi connectivity index (χ0v) is 14.5. The van der Waals surface area contributed by atoms with Crippen molar-refractivity contribution >= 4 is 16.8 Å². The molecule has 1 aliphatic rings. The lowest BCUT2D eigenvalue weighted by atomic mass is 9.95. The number of nitrogens with zero attached hydrogens (tertiary/aromatic N) is 3. The van der Waals surface area contributed by atoms with Crippen molar-refractivity contribution in [3.05, 3.63) is 47.7 Å². The van der Waals surface area contributed by atoms with E-state index in [0.717, 1.165) is 49.5 Å². The Labute approximate surface area is 146 Å². The van der Waals surface area contributed by atoms with E-state index in [0.29, 0.717) is 12.3 Å². The maximum absolute atomic E-state index is 12.6. The third-order valence-electron chi connectivity index (χ3n) is 5.11. The highest BCUT2D eigenvalue weighted by Crippen LogP contribution is 2.26. The molecule has 0 radical (unpaired) electrons. The maximum atomic E-state index is 12.6. The number of benzene rings is 1. The molecule has 1 aliphatic heterocycles. The van der Waals surface area contributed by atoms with Gasteiger partial charge in [-0.1, -0.05) is 18.2 Å². The summed E-state index contributed by atoms with van der Waals surface area (Å²) in [6, 6.07) is 8.23. The van der Waals surface area contributed by atoms with Crippen LogP contribution in [0.3, 0.4) is 0 Å². The number of hydrogen-bond acceptors (Lipinski definition) is 3. The molecule has 1 saturated heterocycles. The number of amides is 1. The Morgan fingerprint density at radius 3 is 2.84 bits per heavy atom. The van der Waals surface area contributed by atoms with Crippen LogP contribution in [-0.4, -0.2) is 44.1 Å². The Kier molecular flexibility index (Phi) is 4.26. The van der Waals surface area contributed by atoms with Crippen molar-refractivity contribution in [1.29, 1.82) is 0 Å². The van der Waals surface area contributed by atoms with Crippen molar-refractivity contribution < 1.29 is 4.79 Å². The van der Waals surface area contributed by atoms with Gasteiger partial charge in [-0.15, -0.1) is 0 Å². The average Bonchev–Trinajstić information content (AvgIpc) is 3.26. The molecule has 0 spiro atoms. The molecule has 4 rings (SSSR count). The monoisotopic (exact) mass is 337 g/mol. The molecule has 2 aromatic heterocycles. The number of likely N-dealkylation sites (tertiary alicyclic amines) is 1. The lowest BCUT2D eigenvalue weighted by Crippen LogP contribution is -2.38. The third kappa shape index (κ3) is 3.29. The lowest BCUT2D eigenvalue weighted by molar-refractivity contribution is -0.132. The highest BCUT2D eigenvalue weighted by molar-refractivity contribution is 5.84. The van der Waals surface area contributed by atoms with Crippen LogP contribution in [0.1, 0.15) is 42.4 Å². The SMILES string of the molecule is Cc1nc(C2CCN(C(=O)CCc3c[nH]c4ccccc34)CC2)n[nH]1. The molecule has 0 bridgehead atoms. The molecule has 0 atom stereocenters. The van der Waals surface area contributed by atoms with Crippen LogP contribution in [0, 0.1) is 6.92 Å². The number of piperidine rings is 1. The standard InChI is InChI=1S/C19H23N5O/c1-13-21-19(23-22-13)14-8-10-24(11-9-14)18(25)7-6-15-12-20-17-5-3-2-4-16(15)17/h2-5,12,14,20H,6-11H2,1H3,(H,21,22,23). The zero-order valence-electron chi connectivity index (χ0n) is 14.5. The van der Waals surface area contributed by atoms with Crippen molar-refractivity contribution in [2.75, 3.05) is 13.1 Å². The van der Waals surface area contributed by atoms with E-state index in [1.54, 1.807) is 0 Å². The number of nitrogens with one attached hydrogen (secondary N) is 2. The fourth-order valence-electron chi connectivity index (χ4n) is 3.67. The first-order valence-corrected chi connectivity index (χ1v) is 8.92. The molecule has 1 amide bonds. The van der Waals surface area contributed by atoms with Crippen molar-refractivity contribution in [3.8, 4) is 0 Å². The zero-order chi connectivity index (χ0) is 17.2. The molecule has 3 heterocycles. The van der Waals surface area contributed by atoms with Gasteiger partial charge in [0, 0.05) is 42.5 Å². The van der Waals surface area contributed by atoms with E-state index in [2.05, 4.69) is 32.3 Å². The van der Waals surface area contributed by atoms with Crippen LogP contribution in [0.2, 0.25) is 0 Å². The van der Waals surface area contributed by atoms with E-state index in [1.165, 1.54) is 10.9 Å². The van der Waals surface area contributed by atoms with Gasteiger partial charge in [0.05, 0.1) is 0 Å². The van der Waals surface area contributed by atoms with Gasteiger partial charge in [0.15, 0.2) is 5.82 Å². The van der Waals surface area contributed by atoms with Gasteiger partial charge in [-0.25, -0.2) is 4.98 Å². The summed E-state index contributed by atoms with van der Waals surface area (Å²) in [5, 5.41) is 8.39. The molecule has 3 aromatic rings. The van der Waals surface area contributed by atoms with Crippen LogP contribution in [0.4, 0.5) is 0 Å². The van der Waals surface area contributed by atoms with Crippen LogP contribution < -0.4 is 0 Å². The predicted molar refractivity (Wildman–Crippen MR) is 96.3 cm³/mol. The number of hydrogen-bond donors (Lipinski definition) is 2. The molecule has 1 fully saturated rings. The second kappa shape index (κ2) is 6.70. The van der Waals surface area contributed by atoms with Gasteiger partial charge in [-0.05, 0) is 37.8 Å². The summed E-state index contributed by atoms with van der Waals surface area (Å²) in [5.41, 5.74) is 2.35. The number of rotatable bonds is 4. The van der Waals surface area contributed by atoms with Crippen molar-refractivity contribution in [1.82, 2.24) is 25.1 Å². The molecule has 0 unspecified atom stereocenters. The average molecular weight is 337 g/mol. The summed E-state index contributed by atoms with van der Waals surface area (Å²) in [6.07, 6.45) is 5.25. The molecule has 0 aliphatic carbocycles. The highest BCUT2D eigenvalue weighted by Gasteiger charge is 2.25. The predicted octanol–water partition coefficient (Wildman–Crippen LogP) is 2.93. The minimum atomic E-state index is 0.245. The van der Waals surface area contributed by atoms with E-state index < -0.39 is 0 Å². The summed E-state index contributed by atoms with van der Waals surface area (Å²) < 4.78 is 0. The number of carbonyl (C=O) groups is 1. The molecule has 1 aromatic carbocycles. The Morgan fingerprint density at radius 2 is 2.08 bits per heavy atom. The molecule has 2 N–H and O–H groups in total. The van der Waals surface area contributed by atoms with Gasteiger partial charge in [0.2, 0.25) is 5.91 Å². The molecule has 130 valence electrons. The second-order valence-corrected chi connectivity index (χ2v) is 6.79. The second-order valence-electron chi connectivity index (χ2n) is 6.79. The quantitative estimate of drug-likeness (QED) is 0.768. The Hall–Kier alpha value is -2.63. The first-order valence-electron chi connectivity index (χ1n) is 8.92. The van der Waals surface area contributed by atoms with E-state index in [1.807, 2.05) is 30.2 Å². The number of H-pyrrole nitrogens is 2. The lowest BCUT2D eigenvalue weighted by Gasteiger charge is -2.30. The van der Waals surface area contributed by atoms with Crippen molar-refractivity contribution in [2.24, 2.45) is 0 Å². The molecule has 0 saturated carbocycles. The molecule has 6 heteroatoms. The van der Waals surface area contributed by atoms with E-state index in [4.69, 9.17) is 0 Å². The van der Waals surface area contributed by atoms with E-state index >= 15 is 0 Å². The van der Waals surface area contributed by atoms with Crippen molar-refractivity contribution in [3.63, 3.8) is 0 Å². The van der Waals surface area contributed by atoms with Gasteiger partial charge in [0.25, 0.3) is 0 Å². The largest absolute Gasteiger partial charge is 0.361 e. The van der Waals surface area contributed by atoms with Crippen LogP contribution in [-0.2, 0) is 11.2 Å². The Balaban J connectivity index is 1.32. The molecular formula is C19H23N5O. The number of carbonyl (C=O) groups excluding carboxylic acids is 1. The first kappa shape index (κ1) is 15.9. The van der Waals surface area contributed by atoms with E-state index in [9.17, 15) is 4.79 Å². The minimum absolute atomic E-state index is 0.245. The Morgan fingerprint density at radius 1 is 1.28 bits per heavy atom. The third-order valence-corrected chi connectivity index (χ3v) is 5.11. The van der Waals surface area contributed by atoms with Crippen LogP contribution in [0.25, 0.3) is 10.9 Å². The number of para-hydroxylation sites is 1. The first-order chi connectivity index (χ1) is 12.2. The summed E-state index contributed by atoms with van der Waals surface area (Å²) in [5.74, 6) is 2.35. The normalized spacial score (nSPS) is 15.8. The van der Waals surface area contributed by atoms with E-state index in [-0.39, 0.29) is 5.91 Å². The van der Waals surface area contributed by atoms with Crippen LogP contribution >= 0.6 is 0 Å². The maximum Gasteiger partial charge on any atom is 0.222 e. The number of aromatic amines is 2. The number of aromatic nitrogens is 4. The topological polar surface area (TPSA) is 77.7 Å².